The number of nitrogens with zero attached hydrogens (tertiary/aromatic N) is 1. The van der Waals surface area contributed by atoms with Gasteiger partial charge in [0.1, 0.15) is 19.8 Å². The van der Waals surface area contributed by atoms with E-state index in [0.29, 0.717) is 17.4 Å². The van der Waals surface area contributed by atoms with E-state index in [9.17, 15) is 19.0 Å². The fourth-order valence-electron chi connectivity index (χ4n) is 6.49. The molecule has 0 saturated heterocycles. The Morgan fingerprint density at radius 3 is 1.33 bits per heavy atom. The lowest BCUT2D eigenvalue weighted by Crippen LogP contribution is -2.37. The Hall–Kier alpha value is -2.81. The molecule has 0 aliphatic rings. The molecule has 1 N–H and O–H groups in total. The molecule has 0 fully saturated rings. The highest BCUT2D eigenvalue weighted by Crippen LogP contribution is 2.43. The highest BCUT2D eigenvalue weighted by molar-refractivity contribution is 7.47. The smallest absolute Gasteiger partial charge is 0.462 e. The second-order valence-corrected chi connectivity index (χ2v) is 19.3. The molecule has 0 bridgehead atoms. The lowest BCUT2D eigenvalue weighted by Gasteiger charge is -2.24. The minimum absolute atomic E-state index is 0.0249. The molecule has 0 spiro atoms. The van der Waals surface area contributed by atoms with Crippen molar-refractivity contribution in [3.63, 3.8) is 0 Å². The van der Waals surface area contributed by atoms with E-state index in [1.54, 1.807) is 0 Å². The van der Waals surface area contributed by atoms with Gasteiger partial charge in [0, 0.05) is 12.8 Å². The predicted molar refractivity (Wildman–Crippen MR) is 270 cm³/mol. The zero-order chi connectivity index (χ0) is 47.1. The van der Waals surface area contributed by atoms with E-state index in [1.165, 1.54) is 51.4 Å². The first kappa shape index (κ1) is 61.2. The third-order valence-electron chi connectivity index (χ3n) is 10.4. The normalized spacial score (nSPS) is 14.2. The molecule has 0 radical (unpaired) electrons. The van der Waals surface area contributed by atoms with Crippen molar-refractivity contribution in [3.8, 4) is 0 Å². The van der Waals surface area contributed by atoms with Gasteiger partial charge < -0.3 is 18.9 Å². The molecule has 2 unspecified atom stereocenters. The first-order chi connectivity index (χ1) is 31.0. The molecule has 2 atom stereocenters. The molecule has 10 heteroatoms. The van der Waals surface area contributed by atoms with Gasteiger partial charge in [-0.1, -0.05) is 182 Å². The highest BCUT2D eigenvalue weighted by Gasteiger charge is 2.27. The summed E-state index contributed by atoms with van der Waals surface area (Å²) in [4.78, 5) is 35.5. The van der Waals surface area contributed by atoms with Crippen LogP contribution < -0.4 is 0 Å². The van der Waals surface area contributed by atoms with E-state index in [4.69, 9.17) is 18.5 Å². The Bertz CT molecular complexity index is 1360. The van der Waals surface area contributed by atoms with Crippen molar-refractivity contribution in [1.82, 2.24) is 0 Å². The SMILES string of the molecule is CC/C=C\C/C=C\C/C=C\C/C=C\C/C=C\CCCCCCCCCCCCCC(=O)OC(COC(=O)CCCCCCC/C=C\C/C=C\CCC)COP(=O)(O)OCC[N+](C)(C)C. The maximum Gasteiger partial charge on any atom is 0.472 e. The van der Waals surface area contributed by atoms with Crippen molar-refractivity contribution >= 4 is 19.8 Å². The van der Waals surface area contributed by atoms with Crippen molar-refractivity contribution in [2.75, 3.05) is 47.5 Å². The number of esters is 2. The second-order valence-electron chi connectivity index (χ2n) is 17.8. The van der Waals surface area contributed by atoms with Crippen LogP contribution in [0.4, 0.5) is 0 Å². The first-order valence-electron chi connectivity index (χ1n) is 25.3. The number of quaternary nitrogens is 1. The topological polar surface area (TPSA) is 108 Å². The van der Waals surface area contributed by atoms with Crippen LogP contribution in [0.5, 0.6) is 0 Å². The van der Waals surface area contributed by atoms with Crippen molar-refractivity contribution < 1.29 is 42.1 Å². The summed E-state index contributed by atoms with van der Waals surface area (Å²) in [5.74, 6) is -0.823. The number of phosphoric acid groups is 1. The fraction of sp³-hybridized carbons (Fsp3) is 0.704. The van der Waals surface area contributed by atoms with Gasteiger partial charge in [-0.15, -0.1) is 0 Å². The van der Waals surface area contributed by atoms with E-state index in [1.807, 2.05) is 21.1 Å². The van der Waals surface area contributed by atoms with Crippen LogP contribution in [-0.2, 0) is 32.7 Å². The molecular weight excluding hydrogens is 822 g/mol. The number of likely N-dealkylation sites (N-methyl/N-ethyl adjacent to an activating group) is 1. The number of unbranched alkanes of at least 4 members (excludes halogenated alkanes) is 17. The number of hydrogen-bond donors (Lipinski definition) is 1. The van der Waals surface area contributed by atoms with E-state index >= 15 is 0 Å². The van der Waals surface area contributed by atoms with Crippen LogP contribution in [0.2, 0.25) is 0 Å². The molecule has 9 nitrogen and oxygen atoms in total. The van der Waals surface area contributed by atoms with Crippen LogP contribution in [0.1, 0.15) is 194 Å². The summed E-state index contributed by atoms with van der Waals surface area (Å²) >= 11 is 0. The summed E-state index contributed by atoms with van der Waals surface area (Å²) in [6.07, 6.45) is 59.2. The Balaban J connectivity index is 4.21. The summed E-state index contributed by atoms with van der Waals surface area (Å²) in [6, 6.07) is 0. The summed E-state index contributed by atoms with van der Waals surface area (Å²) < 4.78 is 34.4. The number of rotatable bonds is 45. The van der Waals surface area contributed by atoms with Crippen molar-refractivity contribution in [2.24, 2.45) is 0 Å². The number of carbonyl (C=O) groups is 2. The monoisotopic (exact) mass is 917 g/mol. The van der Waals surface area contributed by atoms with E-state index in [-0.39, 0.29) is 32.0 Å². The van der Waals surface area contributed by atoms with Crippen LogP contribution in [0, 0.1) is 0 Å². The van der Waals surface area contributed by atoms with Gasteiger partial charge in [-0.05, 0) is 83.5 Å². The van der Waals surface area contributed by atoms with Gasteiger partial charge in [0.05, 0.1) is 27.7 Å². The van der Waals surface area contributed by atoms with Crippen LogP contribution in [0.15, 0.2) is 85.1 Å². The number of hydrogen-bond acceptors (Lipinski definition) is 7. The molecule has 0 rings (SSSR count). The van der Waals surface area contributed by atoms with Crippen LogP contribution in [-0.4, -0.2) is 74.9 Å². The van der Waals surface area contributed by atoms with Crippen LogP contribution in [0.25, 0.3) is 0 Å². The van der Waals surface area contributed by atoms with Gasteiger partial charge in [0.25, 0.3) is 0 Å². The van der Waals surface area contributed by atoms with Gasteiger partial charge in [0.15, 0.2) is 6.10 Å². The van der Waals surface area contributed by atoms with Gasteiger partial charge in [-0.25, -0.2) is 4.57 Å². The molecule has 0 amide bonds. The van der Waals surface area contributed by atoms with Crippen LogP contribution >= 0.6 is 7.82 Å². The van der Waals surface area contributed by atoms with E-state index < -0.39 is 26.5 Å². The molecule has 368 valence electrons. The van der Waals surface area contributed by atoms with Crippen molar-refractivity contribution in [1.29, 1.82) is 0 Å². The van der Waals surface area contributed by atoms with Gasteiger partial charge in [-0.3, -0.25) is 18.6 Å². The summed E-state index contributed by atoms with van der Waals surface area (Å²) in [7, 11) is 1.46. The largest absolute Gasteiger partial charge is 0.472 e. The standard InChI is InChI=1S/C54H94NO8P/c1-6-8-10-12-14-16-18-20-21-22-23-24-25-26-27-28-29-30-31-32-33-35-37-39-41-43-45-47-54(57)63-52(51-62-64(58,59)61-49-48-55(3,4)5)50-60-53(56)46-44-42-40-38-36-34-19-17-15-13-11-9-7-2/h8,10-11,13-14,16-17,19-21,23-24,26-27,52H,6-7,9,12,15,18,22,25,28-51H2,1-5H3/p+1/b10-8-,13-11-,16-14-,19-17-,21-20-,24-23-,27-26-. The number of ether oxygens (including phenoxy) is 2. The molecule has 0 saturated carbocycles. The zero-order valence-corrected chi connectivity index (χ0v) is 42.4. The van der Waals surface area contributed by atoms with Gasteiger partial charge in [0.2, 0.25) is 0 Å². The third kappa shape index (κ3) is 48.6. The molecule has 0 aromatic rings. The highest BCUT2D eigenvalue weighted by atomic mass is 31.2. The molecule has 64 heavy (non-hydrogen) atoms. The maximum atomic E-state index is 12.8. The molecular formula is C54H95NO8P+. The molecule has 0 aliphatic heterocycles. The number of carbonyl (C=O) groups excluding carboxylic acids is 2. The van der Waals surface area contributed by atoms with Crippen LogP contribution in [0.3, 0.4) is 0 Å². The summed E-state index contributed by atoms with van der Waals surface area (Å²) in [5.41, 5.74) is 0. The van der Waals surface area contributed by atoms with Gasteiger partial charge >= 0.3 is 19.8 Å². The third-order valence-corrected chi connectivity index (χ3v) is 11.4. The minimum Gasteiger partial charge on any atom is -0.462 e. The van der Waals surface area contributed by atoms with E-state index in [0.717, 1.165) is 109 Å². The minimum atomic E-state index is -4.39. The molecule has 0 aliphatic carbocycles. The Morgan fingerprint density at radius 1 is 0.500 bits per heavy atom. The Morgan fingerprint density at radius 2 is 0.891 bits per heavy atom. The average Bonchev–Trinajstić information content (AvgIpc) is 3.25. The van der Waals surface area contributed by atoms with Gasteiger partial charge in [-0.2, -0.15) is 0 Å². The number of phosphoric ester groups is 1. The fourth-order valence-corrected chi connectivity index (χ4v) is 7.23. The average molecular weight is 917 g/mol. The summed E-state index contributed by atoms with van der Waals surface area (Å²) in [6.45, 7) is 4.22. The molecule has 0 heterocycles. The second kappa shape index (κ2) is 45.4. The quantitative estimate of drug-likeness (QED) is 0.0212. The lowest BCUT2D eigenvalue weighted by atomic mass is 10.0. The predicted octanol–water partition coefficient (Wildman–Crippen LogP) is 15.1. The first-order valence-corrected chi connectivity index (χ1v) is 26.8. The van der Waals surface area contributed by atoms with Crippen molar-refractivity contribution in [2.45, 2.75) is 200 Å². The Kier molecular flexibility index (Phi) is 43.4. The molecule has 0 aromatic carbocycles. The lowest BCUT2D eigenvalue weighted by molar-refractivity contribution is -0.870. The zero-order valence-electron chi connectivity index (χ0n) is 41.5. The number of allylic oxidation sites excluding steroid dienone is 14. The maximum absolute atomic E-state index is 12.8. The molecule has 0 aromatic heterocycles. The van der Waals surface area contributed by atoms with E-state index in [2.05, 4.69) is 98.9 Å². The van der Waals surface area contributed by atoms with Crippen molar-refractivity contribution in [3.05, 3.63) is 85.1 Å². The summed E-state index contributed by atoms with van der Waals surface area (Å²) in [5, 5.41) is 0. The Labute approximate surface area is 392 Å².